The van der Waals surface area contributed by atoms with E-state index < -0.39 is 0 Å². The van der Waals surface area contributed by atoms with Crippen molar-refractivity contribution in [2.24, 2.45) is 28.7 Å². The van der Waals surface area contributed by atoms with Crippen molar-refractivity contribution in [2.75, 3.05) is 13.1 Å². The molecule has 2 heterocycles. The number of benzene rings is 1. The second-order valence-electron chi connectivity index (χ2n) is 12.3. The lowest BCUT2D eigenvalue weighted by atomic mass is 9.53. The van der Waals surface area contributed by atoms with Crippen LogP contribution in [0, 0.1) is 37.5 Å². The molecule has 0 unspecified atom stereocenters. The fraction of sp³-hybridized carbons (Fsp3) is 0.600. The Kier molecular flexibility index (Phi) is 6.63. The third kappa shape index (κ3) is 5.65. The molecule has 7 rings (SSSR count). The van der Waals surface area contributed by atoms with E-state index in [1.807, 2.05) is 19.9 Å². The van der Waals surface area contributed by atoms with Gasteiger partial charge in [0, 0.05) is 30.0 Å². The number of piperidine rings is 1. The molecule has 4 bridgehead atoms. The number of hydrogen-bond donors (Lipinski definition) is 2. The van der Waals surface area contributed by atoms with Gasteiger partial charge in [-0.1, -0.05) is 30.3 Å². The molecule has 37 heavy (non-hydrogen) atoms. The summed E-state index contributed by atoms with van der Waals surface area (Å²) >= 11 is 0. The Hall–Kier alpha value is -2.96. The molecule has 0 atom stereocenters. The SMILES string of the molecule is Cc1cc(C)nc(/N=C(/NC(=O)NC23CC4CC(CC(C4)C2)C3)N2CCC(Cc3ccccc3)CC2)n1. The van der Waals surface area contributed by atoms with Gasteiger partial charge in [0.2, 0.25) is 5.96 Å². The molecular formula is C30H40N6O. The van der Waals surface area contributed by atoms with Gasteiger partial charge >= 0.3 is 6.03 Å². The number of rotatable bonds is 4. The van der Waals surface area contributed by atoms with Gasteiger partial charge in [0.15, 0.2) is 0 Å². The highest BCUT2D eigenvalue weighted by atomic mass is 16.2. The molecule has 1 aromatic carbocycles. The summed E-state index contributed by atoms with van der Waals surface area (Å²) in [6.07, 6.45) is 10.7. The number of aryl methyl sites for hydroxylation is 2. The minimum Gasteiger partial charge on any atom is -0.342 e. The molecular weight excluding hydrogens is 460 g/mol. The lowest BCUT2D eigenvalue weighted by molar-refractivity contribution is -0.0133. The molecule has 196 valence electrons. The average molecular weight is 501 g/mol. The van der Waals surface area contributed by atoms with Crippen molar-refractivity contribution in [1.82, 2.24) is 25.5 Å². The van der Waals surface area contributed by atoms with Crippen LogP contribution in [0.4, 0.5) is 10.7 Å². The number of guanidine groups is 1. The Bertz CT molecular complexity index is 1100. The average Bonchev–Trinajstić information content (AvgIpc) is 2.83. The van der Waals surface area contributed by atoms with Crippen molar-refractivity contribution < 1.29 is 4.79 Å². The fourth-order valence-corrected chi connectivity index (χ4v) is 7.96. The number of carbonyl (C=O) groups is 1. The zero-order valence-corrected chi connectivity index (χ0v) is 22.2. The number of carbonyl (C=O) groups excluding carboxylic acids is 1. The van der Waals surface area contributed by atoms with Crippen LogP contribution in [-0.2, 0) is 6.42 Å². The summed E-state index contributed by atoms with van der Waals surface area (Å²) in [5, 5.41) is 6.61. The smallest absolute Gasteiger partial charge is 0.321 e. The zero-order valence-electron chi connectivity index (χ0n) is 22.2. The van der Waals surface area contributed by atoms with Crippen LogP contribution in [0.2, 0.25) is 0 Å². The summed E-state index contributed by atoms with van der Waals surface area (Å²) in [6, 6.07) is 12.6. The van der Waals surface area contributed by atoms with E-state index in [2.05, 4.69) is 55.8 Å². The van der Waals surface area contributed by atoms with E-state index in [4.69, 9.17) is 4.99 Å². The standard InChI is InChI=1S/C30H40N6O/c1-20-12-21(2)32-27(31-20)33-28(36-10-8-23(9-11-36)13-22-6-4-3-5-7-22)34-29(37)35-30-17-24-14-25(18-30)16-26(15-24)19-30/h3-7,12,23-26H,8-11,13-19H2,1-2H3,(H2,31,32,33,34,35,37). The summed E-state index contributed by atoms with van der Waals surface area (Å²) < 4.78 is 0. The second-order valence-corrected chi connectivity index (χ2v) is 12.3. The Morgan fingerprint density at radius 1 is 0.973 bits per heavy atom. The normalized spacial score (nSPS) is 29.4. The molecule has 1 saturated heterocycles. The first-order valence-corrected chi connectivity index (χ1v) is 14.2. The summed E-state index contributed by atoms with van der Waals surface area (Å²) in [5.74, 6) is 3.98. The van der Waals surface area contributed by atoms with Crippen LogP contribution < -0.4 is 10.6 Å². The van der Waals surface area contributed by atoms with Crippen LogP contribution in [0.25, 0.3) is 0 Å². The molecule has 1 aliphatic heterocycles. The number of hydrogen-bond acceptors (Lipinski definition) is 4. The van der Waals surface area contributed by atoms with E-state index in [0.717, 1.165) is 80.8 Å². The van der Waals surface area contributed by atoms with E-state index in [1.54, 1.807) is 0 Å². The first kappa shape index (κ1) is 24.4. The molecule has 5 fully saturated rings. The van der Waals surface area contributed by atoms with Crippen molar-refractivity contribution >= 4 is 17.9 Å². The highest BCUT2D eigenvalue weighted by Gasteiger charge is 2.51. The third-order valence-corrected chi connectivity index (χ3v) is 9.10. The van der Waals surface area contributed by atoms with E-state index in [0.29, 0.717) is 17.8 Å². The van der Waals surface area contributed by atoms with Gasteiger partial charge in [-0.2, -0.15) is 4.99 Å². The Morgan fingerprint density at radius 3 is 2.16 bits per heavy atom. The maximum absolute atomic E-state index is 13.4. The van der Waals surface area contributed by atoms with Gasteiger partial charge in [-0.25, -0.2) is 14.8 Å². The molecule has 4 saturated carbocycles. The van der Waals surface area contributed by atoms with E-state index >= 15 is 0 Å². The molecule has 2 N–H and O–H groups in total. The molecule has 5 aliphatic rings. The van der Waals surface area contributed by atoms with Gasteiger partial charge in [0.1, 0.15) is 0 Å². The van der Waals surface area contributed by atoms with Gasteiger partial charge in [0.25, 0.3) is 5.95 Å². The van der Waals surface area contributed by atoms with Crippen LogP contribution in [-0.4, -0.2) is 45.5 Å². The molecule has 1 aromatic heterocycles. The van der Waals surface area contributed by atoms with Crippen molar-refractivity contribution in [1.29, 1.82) is 0 Å². The minimum atomic E-state index is -0.128. The number of aliphatic imine (C=N–C) groups is 1. The topological polar surface area (TPSA) is 82.5 Å². The number of aromatic nitrogens is 2. The van der Waals surface area contributed by atoms with Gasteiger partial charge in [0.05, 0.1) is 0 Å². The molecule has 0 spiro atoms. The van der Waals surface area contributed by atoms with Crippen LogP contribution >= 0.6 is 0 Å². The predicted octanol–water partition coefficient (Wildman–Crippen LogP) is 5.30. The molecule has 4 aliphatic carbocycles. The van der Waals surface area contributed by atoms with Crippen molar-refractivity contribution in [3.63, 3.8) is 0 Å². The van der Waals surface area contributed by atoms with Crippen LogP contribution in [0.15, 0.2) is 41.4 Å². The second kappa shape index (κ2) is 10.1. The lowest BCUT2D eigenvalue weighted by Gasteiger charge is -2.56. The highest BCUT2D eigenvalue weighted by Crippen LogP contribution is 2.55. The predicted molar refractivity (Wildman–Crippen MR) is 146 cm³/mol. The highest BCUT2D eigenvalue weighted by molar-refractivity contribution is 5.97. The molecule has 2 aromatic rings. The number of amides is 2. The maximum atomic E-state index is 13.4. The molecule has 7 heteroatoms. The van der Waals surface area contributed by atoms with E-state index in [-0.39, 0.29) is 11.6 Å². The number of nitrogens with zero attached hydrogens (tertiary/aromatic N) is 4. The summed E-state index contributed by atoms with van der Waals surface area (Å²) in [5.41, 5.74) is 3.12. The molecule has 2 amide bonds. The van der Waals surface area contributed by atoms with Gasteiger partial charge < -0.3 is 10.2 Å². The largest absolute Gasteiger partial charge is 0.342 e. The number of likely N-dealkylation sites (tertiary alicyclic amines) is 1. The maximum Gasteiger partial charge on any atom is 0.321 e. The van der Waals surface area contributed by atoms with Crippen molar-refractivity contribution in [3.05, 3.63) is 53.3 Å². The van der Waals surface area contributed by atoms with Crippen LogP contribution in [0.3, 0.4) is 0 Å². The number of nitrogens with one attached hydrogen (secondary N) is 2. The number of urea groups is 1. The lowest BCUT2D eigenvalue weighted by Crippen LogP contribution is -2.62. The Balaban J connectivity index is 1.16. The van der Waals surface area contributed by atoms with Crippen LogP contribution in [0.5, 0.6) is 0 Å². The van der Waals surface area contributed by atoms with E-state index in [1.165, 1.54) is 24.8 Å². The van der Waals surface area contributed by atoms with Gasteiger partial charge in [-0.15, -0.1) is 0 Å². The fourth-order valence-electron chi connectivity index (χ4n) is 7.96. The van der Waals surface area contributed by atoms with E-state index in [9.17, 15) is 4.79 Å². The first-order valence-electron chi connectivity index (χ1n) is 14.2. The monoisotopic (exact) mass is 500 g/mol. The quantitative estimate of drug-likeness (QED) is 0.441. The van der Waals surface area contributed by atoms with Crippen molar-refractivity contribution in [3.8, 4) is 0 Å². The summed E-state index contributed by atoms with van der Waals surface area (Å²) in [6.45, 7) is 5.63. The minimum absolute atomic E-state index is 0.0386. The van der Waals surface area contributed by atoms with Crippen molar-refractivity contribution in [2.45, 2.75) is 77.2 Å². The molecule has 0 radical (unpaired) electrons. The zero-order chi connectivity index (χ0) is 25.4. The van der Waals surface area contributed by atoms with Gasteiger partial charge in [-0.3, -0.25) is 5.32 Å². The summed E-state index contributed by atoms with van der Waals surface area (Å²) in [4.78, 5) is 29.5. The Labute approximate surface area is 220 Å². The summed E-state index contributed by atoms with van der Waals surface area (Å²) in [7, 11) is 0. The van der Waals surface area contributed by atoms with Crippen LogP contribution in [0.1, 0.15) is 68.3 Å². The third-order valence-electron chi connectivity index (χ3n) is 9.10. The molecule has 7 nitrogen and oxygen atoms in total. The van der Waals surface area contributed by atoms with Gasteiger partial charge in [-0.05, 0) is 107 Å². The first-order chi connectivity index (χ1) is 17.9. The Morgan fingerprint density at radius 2 is 1.57 bits per heavy atom.